The van der Waals surface area contributed by atoms with Crippen molar-refractivity contribution >= 4 is 35.9 Å². The molecule has 0 bridgehead atoms. The number of rotatable bonds is 6. The number of likely N-dealkylation sites (tertiary alicyclic amines) is 1. The number of aryl methyl sites for hydroxylation is 1. The van der Waals surface area contributed by atoms with Gasteiger partial charge in [-0.15, -0.1) is 24.0 Å². The number of guanidine groups is 1. The van der Waals surface area contributed by atoms with Crippen LogP contribution in [0.15, 0.2) is 29.3 Å². The number of aliphatic imine (C=N–C) groups is 1. The topological polar surface area (TPSA) is 57.2 Å². The van der Waals surface area contributed by atoms with E-state index in [2.05, 4.69) is 65.4 Å². The van der Waals surface area contributed by atoms with Gasteiger partial charge in [-0.05, 0) is 46.3 Å². The van der Waals surface area contributed by atoms with Crippen LogP contribution in [-0.4, -0.2) is 69.1 Å². The van der Waals surface area contributed by atoms with Crippen molar-refractivity contribution in [1.82, 2.24) is 15.1 Å². The molecule has 0 spiro atoms. The van der Waals surface area contributed by atoms with Crippen molar-refractivity contribution in [2.45, 2.75) is 32.7 Å². The Hall–Kier alpha value is -1.35. The number of likely N-dealkylation sites (N-methyl/N-ethyl adjacent to an activating group) is 1. The highest BCUT2D eigenvalue weighted by atomic mass is 127. The summed E-state index contributed by atoms with van der Waals surface area (Å²) in [6.45, 7) is 6.71. The first-order valence-corrected chi connectivity index (χ1v) is 9.81. The van der Waals surface area contributed by atoms with Crippen LogP contribution >= 0.6 is 24.0 Å². The molecule has 0 aromatic heterocycles. The number of hydrogen-bond donors (Lipinski definition) is 1. The lowest BCUT2D eigenvalue weighted by Crippen LogP contribution is -2.49. The molecule has 1 aliphatic rings. The van der Waals surface area contributed by atoms with Crippen LogP contribution in [-0.2, 0) is 9.53 Å². The lowest BCUT2D eigenvalue weighted by atomic mass is 9.98. The fourth-order valence-electron chi connectivity index (χ4n) is 3.53. The standard InChI is InChI=1S/C21H34N4O2.HI/c1-6-27-20(26)18-8-7-13-25(15-18)21(22-3)23-14-19(24(4)5)17-11-9-16(2)10-12-17;/h9-12,18-19H,6-8,13-15H2,1-5H3,(H,22,23);1H. The minimum absolute atomic E-state index is 0. The van der Waals surface area contributed by atoms with Crippen molar-refractivity contribution in [3.8, 4) is 0 Å². The van der Waals surface area contributed by atoms with Crippen LogP contribution in [0.4, 0.5) is 0 Å². The molecule has 2 rings (SSSR count). The summed E-state index contributed by atoms with van der Waals surface area (Å²) in [6, 6.07) is 8.90. The molecule has 28 heavy (non-hydrogen) atoms. The van der Waals surface area contributed by atoms with E-state index in [-0.39, 0.29) is 41.9 Å². The van der Waals surface area contributed by atoms with Gasteiger partial charge in [-0.3, -0.25) is 9.79 Å². The molecule has 2 atom stereocenters. The van der Waals surface area contributed by atoms with Gasteiger partial charge >= 0.3 is 5.97 Å². The van der Waals surface area contributed by atoms with Crippen molar-refractivity contribution in [2.75, 3.05) is 47.4 Å². The Morgan fingerprint density at radius 2 is 2.04 bits per heavy atom. The van der Waals surface area contributed by atoms with E-state index in [0.29, 0.717) is 13.2 Å². The lowest BCUT2D eigenvalue weighted by Gasteiger charge is -2.35. The predicted octanol–water partition coefficient (Wildman–Crippen LogP) is 3.07. The van der Waals surface area contributed by atoms with Crippen molar-refractivity contribution < 1.29 is 9.53 Å². The Morgan fingerprint density at radius 1 is 1.36 bits per heavy atom. The minimum Gasteiger partial charge on any atom is -0.466 e. The molecule has 158 valence electrons. The minimum atomic E-state index is -0.0940. The van der Waals surface area contributed by atoms with Crippen molar-refractivity contribution in [1.29, 1.82) is 0 Å². The second-order valence-electron chi connectivity index (χ2n) is 7.36. The van der Waals surface area contributed by atoms with E-state index in [1.807, 2.05) is 6.92 Å². The molecule has 1 aromatic rings. The molecular weight excluding hydrogens is 467 g/mol. The first-order valence-electron chi connectivity index (χ1n) is 9.81. The van der Waals surface area contributed by atoms with Crippen LogP contribution in [0.2, 0.25) is 0 Å². The van der Waals surface area contributed by atoms with E-state index in [9.17, 15) is 4.79 Å². The summed E-state index contributed by atoms with van der Waals surface area (Å²) >= 11 is 0. The number of carbonyl (C=O) groups is 1. The first-order chi connectivity index (χ1) is 13.0. The van der Waals surface area contributed by atoms with Crippen LogP contribution in [0.1, 0.15) is 36.9 Å². The molecule has 1 heterocycles. The third-order valence-electron chi connectivity index (χ3n) is 5.09. The highest BCUT2D eigenvalue weighted by molar-refractivity contribution is 14.0. The van der Waals surface area contributed by atoms with Gasteiger partial charge in [0.05, 0.1) is 18.6 Å². The van der Waals surface area contributed by atoms with Crippen LogP contribution in [0.25, 0.3) is 0 Å². The Balaban J connectivity index is 0.00000392. The fourth-order valence-corrected chi connectivity index (χ4v) is 3.53. The molecule has 1 N–H and O–H groups in total. The van der Waals surface area contributed by atoms with Gasteiger partial charge in [0.2, 0.25) is 0 Å². The summed E-state index contributed by atoms with van der Waals surface area (Å²) in [6.07, 6.45) is 1.86. The van der Waals surface area contributed by atoms with Gasteiger partial charge in [-0.25, -0.2) is 0 Å². The number of esters is 1. The smallest absolute Gasteiger partial charge is 0.310 e. The number of ether oxygens (including phenoxy) is 1. The summed E-state index contributed by atoms with van der Waals surface area (Å²) in [4.78, 5) is 20.9. The maximum Gasteiger partial charge on any atom is 0.310 e. The number of hydrogen-bond acceptors (Lipinski definition) is 4. The van der Waals surface area contributed by atoms with E-state index in [1.54, 1.807) is 7.05 Å². The number of benzene rings is 1. The number of nitrogens with zero attached hydrogens (tertiary/aromatic N) is 3. The highest BCUT2D eigenvalue weighted by Crippen LogP contribution is 2.20. The molecule has 6 nitrogen and oxygen atoms in total. The lowest BCUT2D eigenvalue weighted by molar-refractivity contribution is -0.149. The molecule has 1 fully saturated rings. The molecule has 0 aliphatic carbocycles. The number of piperidine rings is 1. The molecule has 0 amide bonds. The maximum absolute atomic E-state index is 12.1. The monoisotopic (exact) mass is 502 g/mol. The zero-order valence-electron chi connectivity index (χ0n) is 17.8. The Morgan fingerprint density at radius 3 is 2.61 bits per heavy atom. The molecule has 1 aliphatic heterocycles. The third kappa shape index (κ3) is 6.92. The van der Waals surface area contributed by atoms with Crippen LogP contribution < -0.4 is 5.32 Å². The van der Waals surface area contributed by atoms with Gasteiger partial charge in [0, 0.05) is 26.7 Å². The zero-order chi connectivity index (χ0) is 19.8. The molecule has 1 saturated heterocycles. The number of halogens is 1. The van der Waals surface area contributed by atoms with Gasteiger partial charge < -0.3 is 19.9 Å². The van der Waals surface area contributed by atoms with Gasteiger partial charge in [-0.1, -0.05) is 29.8 Å². The first kappa shape index (κ1) is 24.7. The van der Waals surface area contributed by atoms with Crippen molar-refractivity contribution in [3.05, 3.63) is 35.4 Å². The molecule has 7 heteroatoms. The molecule has 0 radical (unpaired) electrons. The van der Waals surface area contributed by atoms with Gasteiger partial charge in [0.15, 0.2) is 5.96 Å². The Bertz CT molecular complexity index is 634. The fraction of sp³-hybridized carbons (Fsp3) is 0.619. The SMILES string of the molecule is CCOC(=O)C1CCCN(C(=NC)NCC(c2ccc(C)cc2)N(C)C)C1.I. The highest BCUT2D eigenvalue weighted by Gasteiger charge is 2.28. The Labute approximate surface area is 186 Å². The quantitative estimate of drug-likeness (QED) is 0.281. The number of nitrogens with one attached hydrogen (secondary N) is 1. The summed E-state index contributed by atoms with van der Waals surface area (Å²) in [5, 5.41) is 3.51. The summed E-state index contributed by atoms with van der Waals surface area (Å²) in [5.41, 5.74) is 2.54. The van der Waals surface area contributed by atoms with Crippen LogP contribution in [0.5, 0.6) is 0 Å². The second kappa shape index (κ2) is 12.3. The van der Waals surface area contributed by atoms with Crippen LogP contribution in [0, 0.1) is 12.8 Å². The average Bonchev–Trinajstić information content (AvgIpc) is 2.66. The van der Waals surface area contributed by atoms with E-state index < -0.39 is 0 Å². The molecule has 0 saturated carbocycles. The van der Waals surface area contributed by atoms with Crippen molar-refractivity contribution in [3.63, 3.8) is 0 Å². The largest absolute Gasteiger partial charge is 0.466 e. The predicted molar refractivity (Wildman–Crippen MR) is 125 cm³/mol. The van der Waals surface area contributed by atoms with Crippen LogP contribution in [0.3, 0.4) is 0 Å². The van der Waals surface area contributed by atoms with Gasteiger partial charge in [-0.2, -0.15) is 0 Å². The van der Waals surface area contributed by atoms with Gasteiger partial charge in [0.1, 0.15) is 0 Å². The normalized spacial score (nSPS) is 18.4. The number of carbonyl (C=O) groups excluding carboxylic acids is 1. The van der Waals surface area contributed by atoms with E-state index in [1.165, 1.54) is 11.1 Å². The maximum atomic E-state index is 12.1. The second-order valence-corrected chi connectivity index (χ2v) is 7.36. The van der Waals surface area contributed by atoms with E-state index in [0.717, 1.165) is 31.9 Å². The summed E-state index contributed by atoms with van der Waals surface area (Å²) in [7, 11) is 5.98. The summed E-state index contributed by atoms with van der Waals surface area (Å²) in [5.74, 6) is 0.686. The van der Waals surface area contributed by atoms with Gasteiger partial charge in [0.25, 0.3) is 0 Å². The third-order valence-corrected chi connectivity index (χ3v) is 5.09. The van der Waals surface area contributed by atoms with E-state index >= 15 is 0 Å². The zero-order valence-corrected chi connectivity index (χ0v) is 20.1. The average molecular weight is 502 g/mol. The molecule has 1 aromatic carbocycles. The Kier molecular flexibility index (Phi) is 10.8. The molecule has 2 unspecified atom stereocenters. The molecular formula is C21H35IN4O2. The van der Waals surface area contributed by atoms with E-state index in [4.69, 9.17) is 4.74 Å². The van der Waals surface area contributed by atoms with Crippen molar-refractivity contribution in [2.24, 2.45) is 10.9 Å². The summed E-state index contributed by atoms with van der Waals surface area (Å²) < 4.78 is 5.21.